The second-order valence-corrected chi connectivity index (χ2v) is 0.0745. The Bertz CT molecular complexity index is 25.2. The van der Waals surface area contributed by atoms with Gasteiger partial charge in [0.05, 0.1) is 0 Å². The van der Waals surface area contributed by atoms with Crippen LogP contribution in [0.2, 0.25) is 0 Å². The van der Waals surface area contributed by atoms with E-state index in [1.54, 1.807) is 0 Å². The van der Waals surface area contributed by atoms with E-state index < -0.39 is 0 Å². The van der Waals surface area contributed by atoms with Crippen molar-refractivity contribution in [3.05, 3.63) is 10.1 Å². The zero-order chi connectivity index (χ0) is 2.71. The van der Waals surface area contributed by atoms with Crippen molar-refractivity contribution in [3.63, 3.8) is 0 Å². The summed E-state index contributed by atoms with van der Waals surface area (Å²) >= 11 is 0. The summed E-state index contributed by atoms with van der Waals surface area (Å²) in [6.07, 6.45) is 0. The van der Waals surface area contributed by atoms with Gasteiger partial charge in [0.15, 0.2) is 0 Å². The van der Waals surface area contributed by atoms with Crippen LogP contribution < -0.4 is 0 Å². The maximum absolute atomic E-state index is 8.00. The normalized spacial score (nSPS) is 1.71. The molecule has 0 atom stereocenters. The van der Waals surface area contributed by atoms with Crippen LogP contribution in [0.3, 0.4) is 0 Å². The smallest absolute Gasteiger partial charge is 0 e. The van der Waals surface area contributed by atoms with E-state index in [2.05, 4.69) is 0 Å². The summed E-state index contributed by atoms with van der Waals surface area (Å²) in [5.74, 6) is 0. The van der Waals surface area contributed by atoms with Gasteiger partial charge in [-0.05, 0) is 0 Å². The molecule has 0 fully saturated rings. The van der Waals surface area contributed by atoms with Gasteiger partial charge in [-0.1, -0.05) is 0 Å². The van der Waals surface area contributed by atoms with Gasteiger partial charge < -0.3 is 10.1 Å². The van der Waals surface area contributed by atoms with Crippen molar-refractivity contribution in [2.45, 2.75) is 0 Å². The van der Waals surface area contributed by atoms with Crippen LogP contribution in [-0.2, 0) is 19.5 Å². The maximum Gasteiger partial charge on any atom is 0 e. The third-order valence-electron chi connectivity index (χ3n) is 0. The molecule has 0 aliphatic heterocycles. The first kappa shape index (κ1) is 34.8. The average molecular weight is 430 g/mol. The molecule has 0 spiro atoms. The van der Waals surface area contributed by atoms with Gasteiger partial charge in [-0.15, -0.1) is 5.34 Å². The minimum atomic E-state index is 0. The van der Waals surface area contributed by atoms with E-state index in [9.17, 15) is 0 Å². The van der Waals surface area contributed by atoms with Gasteiger partial charge in [-0.25, -0.2) is 0 Å². The SMILES string of the molecule is O=N[O-].[Ga].[Sb].[Te].[Zn]. The first-order chi connectivity index (χ1) is 1.41. The van der Waals surface area contributed by atoms with Crippen LogP contribution in [0.1, 0.15) is 0 Å². The molecule has 0 N–H and O–H groups in total. The van der Waals surface area contributed by atoms with Crippen molar-refractivity contribution >= 4 is 67.9 Å². The second kappa shape index (κ2) is 40.9. The summed E-state index contributed by atoms with van der Waals surface area (Å²) in [6, 6.07) is 0. The zero-order valence-corrected chi connectivity index (χ0v) is 13.7. The molecule has 0 amide bonds. The molecule has 0 heterocycles. The molecule has 0 unspecified atom stereocenters. The molecule has 0 bridgehead atoms. The number of rotatable bonds is 0. The van der Waals surface area contributed by atoms with E-state index in [0.717, 1.165) is 5.34 Å². The monoisotopic (exact) mass is 430 g/mol. The van der Waals surface area contributed by atoms with Gasteiger partial charge in [0.25, 0.3) is 0 Å². The Morgan fingerprint density at radius 3 is 1.43 bits per heavy atom. The fourth-order valence-corrected chi connectivity index (χ4v) is 0. The first-order valence-corrected chi connectivity index (χ1v) is 0.365. The molecule has 0 saturated heterocycles. The molecule has 34 valence electrons. The summed E-state index contributed by atoms with van der Waals surface area (Å²) in [5.41, 5.74) is 0. The Morgan fingerprint density at radius 2 is 1.43 bits per heavy atom. The van der Waals surface area contributed by atoms with E-state index in [-0.39, 0.29) is 87.4 Å². The van der Waals surface area contributed by atoms with Crippen molar-refractivity contribution in [2.24, 2.45) is 5.34 Å². The molecule has 0 aromatic heterocycles. The van der Waals surface area contributed by atoms with Crippen molar-refractivity contribution in [1.82, 2.24) is 0 Å². The zero-order valence-electron chi connectivity index (χ0n) is 3.40. The Balaban J connectivity index is -0.00000000333. The van der Waals surface area contributed by atoms with Crippen LogP contribution in [0.25, 0.3) is 0 Å². The first-order valence-electron chi connectivity index (χ1n) is 0.365. The molecule has 0 saturated carbocycles. The molecule has 7 heteroatoms. The molecule has 0 aromatic rings. The standard InChI is InChI=1S/Ga.HNO2.Sb.Te.Zn/c;2-1-3;;;/h;(H,2,3);;;/p-1. The molecular formula is GaNO2SbTeZn-. The largest absolute Gasteiger partial charge is 0.444 e. The van der Waals surface area contributed by atoms with Crippen LogP contribution in [-0.4, -0.2) is 67.9 Å². The van der Waals surface area contributed by atoms with Crippen LogP contribution in [0, 0.1) is 10.1 Å². The van der Waals surface area contributed by atoms with E-state index in [1.165, 1.54) is 0 Å². The quantitative estimate of drug-likeness (QED) is 0.284. The van der Waals surface area contributed by atoms with Gasteiger partial charge >= 0.3 is 0 Å². The van der Waals surface area contributed by atoms with Gasteiger partial charge in [-0.2, -0.15) is 0 Å². The van der Waals surface area contributed by atoms with Gasteiger partial charge in [0.2, 0.25) is 0 Å². The predicted octanol–water partition coefficient (Wildman–Crippen LogP) is -0.894. The predicted molar refractivity (Wildman–Crippen MR) is 26.4 cm³/mol. The minimum absolute atomic E-state index is 0. The summed E-state index contributed by atoms with van der Waals surface area (Å²) in [5, 5.41) is 9.00. The fourth-order valence-electron chi connectivity index (χ4n) is 0. The van der Waals surface area contributed by atoms with Gasteiger partial charge in [0.1, 0.15) is 0 Å². The molecule has 0 aliphatic carbocycles. The fraction of sp³-hybridized carbons (Fsp3) is 0. The molecule has 0 aliphatic rings. The molecule has 3 nitrogen and oxygen atoms in total. The van der Waals surface area contributed by atoms with E-state index in [1.807, 2.05) is 0 Å². The topological polar surface area (TPSA) is 52.5 Å². The summed E-state index contributed by atoms with van der Waals surface area (Å²) < 4.78 is 0. The minimum Gasteiger partial charge on any atom is -0.444 e. The van der Waals surface area contributed by atoms with Crippen LogP contribution in [0.5, 0.6) is 0 Å². The second-order valence-electron chi connectivity index (χ2n) is 0.0745. The molecule has 7 heavy (non-hydrogen) atoms. The molecule has 8 radical (unpaired) electrons. The molecule has 0 rings (SSSR count). The number of hydrogen-bond donors (Lipinski definition) is 0. The Kier molecular flexibility index (Phi) is 203. The average Bonchev–Trinajstić information content (AvgIpc) is 0.918. The van der Waals surface area contributed by atoms with E-state index >= 15 is 0 Å². The van der Waals surface area contributed by atoms with Crippen molar-refractivity contribution < 1.29 is 19.5 Å². The molecular weight excluding hydrogens is 430 g/mol. The van der Waals surface area contributed by atoms with Crippen LogP contribution >= 0.6 is 0 Å². The molecule has 0 aromatic carbocycles. The van der Waals surface area contributed by atoms with Gasteiger partial charge in [-0.3, -0.25) is 0 Å². The number of nitrogens with zero attached hydrogens (tertiary/aromatic N) is 1. The number of hydrogen-bond acceptors (Lipinski definition) is 3. The Labute approximate surface area is 101 Å². The van der Waals surface area contributed by atoms with E-state index in [0.29, 0.717) is 0 Å². The summed E-state index contributed by atoms with van der Waals surface area (Å²) in [4.78, 5) is 8.00. The van der Waals surface area contributed by atoms with Crippen molar-refractivity contribution in [1.29, 1.82) is 0 Å². The van der Waals surface area contributed by atoms with Crippen molar-refractivity contribution in [3.8, 4) is 0 Å². The Morgan fingerprint density at radius 1 is 1.43 bits per heavy atom. The summed E-state index contributed by atoms with van der Waals surface area (Å²) in [6.45, 7) is 0. The Hall–Kier alpha value is 2.27. The summed E-state index contributed by atoms with van der Waals surface area (Å²) in [7, 11) is 0. The van der Waals surface area contributed by atoms with Crippen molar-refractivity contribution in [2.75, 3.05) is 0 Å². The van der Waals surface area contributed by atoms with E-state index in [4.69, 9.17) is 10.1 Å². The van der Waals surface area contributed by atoms with Gasteiger partial charge in [0, 0.05) is 87.4 Å². The third-order valence-corrected chi connectivity index (χ3v) is 0. The maximum atomic E-state index is 8.00. The van der Waals surface area contributed by atoms with Crippen LogP contribution in [0.4, 0.5) is 0 Å². The van der Waals surface area contributed by atoms with Crippen LogP contribution in [0.15, 0.2) is 5.34 Å². The third kappa shape index (κ3) is 63.2.